The first-order valence-electron chi connectivity index (χ1n) is 19.7. The van der Waals surface area contributed by atoms with Crippen LogP contribution in [-0.2, 0) is 24.0 Å². The van der Waals surface area contributed by atoms with Crippen molar-refractivity contribution in [3.05, 3.63) is 53.6 Å². The van der Waals surface area contributed by atoms with Crippen molar-refractivity contribution in [3.63, 3.8) is 0 Å². The first kappa shape index (κ1) is 41.2. The summed E-state index contributed by atoms with van der Waals surface area (Å²) in [6, 6.07) is 5.12. The monoisotopic (exact) mass is 762 g/mol. The number of benzene rings is 1. The van der Waals surface area contributed by atoms with Gasteiger partial charge in [-0.15, -0.1) is 0 Å². The molecular weight excluding hydrogens is 708 g/mol. The second kappa shape index (κ2) is 18.6. The van der Waals surface area contributed by atoms with Gasteiger partial charge in [-0.25, -0.2) is 4.98 Å². The van der Waals surface area contributed by atoms with Crippen molar-refractivity contribution >= 4 is 46.5 Å². The predicted molar refractivity (Wildman–Crippen MR) is 204 cm³/mol. The summed E-state index contributed by atoms with van der Waals surface area (Å²) in [5, 5.41) is 3.48. The van der Waals surface area contributed by atoms with Gasteiger partial charge in [0, 0.05) is 54.9 Å². The van der Waals surface area contributed by atoms with Gasteiger partial charge in [-0.1, -0.05) is 65.0 Å². The quantitative estimate of drug-likeness (QED) is 0.162. The number of likely N-dealkylation sites (tertiary alicyclic amines) is 1. The second-order valence-corrected chi connectivity index (χ2v) is 17.0. The molecule has 3 aliphatic rings. The molecule has 0 spiro atoms. The van der Waals surface area contributed by atoms with Gasteiger partial charge in [-0.05, 0) is 73.6 Å². The normalized spacial score (nSPS) is 20.8. The zero-order valence-corrected chi connectivity index (χ0v) is 32.8. The molecule has 3 fully saturated rings. The number of aromatic nitrogens is 2. The van der Waals surface area contributed by atoms with E-state index in [2.05, 4.69) is 15.3 Å². The van der Waals surface area contributed by atoms with Crippen LogP contribution in [0, 0.1) is 29.1 Å². The van der Waals surface area contributed by atoms with E-state index in [1.807, 2.05) is 27.7 Å². The predicted octanol–water partition coefficient (Wildman–Crippen LogP) is 6.79. The van der Waals surface area contributed by atoms with Crippen molar-refractivity contribution < 1.29 is 33.5 Å². The fraction of sp³-hybridized carbons (Fsp3) is 0.619. The van der Waals surface area contributed by atoms with Crippen LogP contribution in [0.2, 0.25) is 5.02 Å². The van der Waals surface area contributed by atoms with Gasteiger partial charge in [0.15, 0.2) is 17.3 Å². The first-order chi connectivity index (χ1) is 25.7. The summed E-state index contributed by atoms with van der Waals surface area (Å²) < 4.78 is 6.28. The summed E-state index contributed by atoms with van der Waals surface area (Å²) >= 11 is 6.10. The minimum Gasteiger partial charge on any atom is -0.488 e. The van der Waals surface area contributed by atoms with Gasteiger partial charge in [0.1, 0.15) is 17.5 Å². The number of carbonyl (C=O) groups is 6. The van der Waals surface area contributed by atoms with Crippen molar-refractivity contribution in [2.75, 3.05) is 6.54 Å². The lowest BCUT2D eigenvalue weighted by molar-refractivity contribution is -0.147. The van der Waals surface area contributed by atoms with Crippen LogP contribution in [0.3, 0.4) is 0 Å². The van der Waals surface area contributed by atoms with E-state index in [9.17, 15) is 28.8 Å². The Kier molecular flexibility index (Phi) is 14.2. The molecular formula is C42H55ClN4O7. The number of Topliss-reactive ketones (excluding diaryl/α,β-unsaturated/α-hetero) is 4. The lowest BCUT2D eigenvalue weighted by Gasteiger charge is -2.36. The van der Waals surface area contributed by atoms with Crippen LogP contribution in [0.25, 0.3) is 0 Å². The topological polar surface area (TPSA) is 153 Å². The van der Waals surface area contributed by atoms with Crippen molar-refractivity contribution in [2.45, 2.75) is 129 Å². The molecule has 54 heavy (non-hydrogen) atoms. The number of hydrogen-bond acceptors (Lipinski definition) is 9. The maximum Gasteiger partial charge on any atom is 0.272 e. The Bertz CT molecular complexity index is 1650. The number of ether oxygens (including phenoxy) is 1. The van der Waals surface area contributed by atoms with Gasteiger partial charge in [0.05, 0.1) is 24.8 Å². The molecule has 0 bridgehead atoms. The van der Waals surface area contributed by atoms with Gasteiger partial charge in [0.25, 0.3) is 5.91 Å². The van der Waals surface area contributed by atoms with Crippen molar-refractivity contribution in [2.24, 2.45) is 29.1 Å². The minimum atomic E-state index is -0.911. The molecule has 1 saturated heterocycles. The number of nitrogens with one attached hydrogen (secondary N) is 1. The highest BCUT2D eigenvalue weighted by Crippen LogP contribution is 2.37. The summed E-state index contributed by atoms with van der Waals surface area (Å²) in [6.45, 7) is 7.70. The molecule has 5 atom stereocenters. The molecule has 292 valence electrons. The Morgan fingerprint density at radius 1 is 0.963 bits per heavy atom. The van der Waals surface area contributed by atoms with E-state index in [1.165, 1.54) is 23.5 Å². The molecule has 11 nitrogen and oxygen atoms in total. The van der Waals surface area contributed by atoms with Gasteiger partial charge < -0.3 is 15.0 Å². The van der Waals surface area contributed by atoms with Gasteiger partial charge in [0.2, 0.25) is 11.7 Å². The standard InChI is InChI=1S/C42H55ClN4O7/c1-5-9-28(39(51)37(50)20-26-12-13-26)21-35(48)34-22-31(54-30-16-14-29(43)15-17-30)25-47(34)41(53)32(42(2,3)4)23-36(49)38(27-10-7-6-8-11-27)46-40(52)33-24-44-18-19-45-33/h14-19,24,26-28,31-32,34,38H,5-13,20-23,25H2,1-4H3,(H,46,52)/t28-,31-,32-,34+,38+/m1/s1. The number of ketones is 4. The summed E-state index contributed by atoms with van der Waals surface area (Å²) in [7, 11) is 0. The molecule has 1 aromatic carbocycles. The van der Waals surface area contributed by atoms with Crippen LogP contribution >= 0.6 is 11.6 Å². The van der Waals surface area contributed by atoms with Crippen LogP contribution < -0.4 is 10.1 Å². The van der Waals surface area contributed by atoms with Crippen molar-refractivity contribution in [1.82, 2.24) is 20.2 Å². The highest BCUT2D eigenvalue weighted by Gasteiger charge is 2.47. The Morgan fingerprint density at radius 3 is 2.28 bits per heavy atom. The zero-order chi connectivity index (χ0) is 39.0. The Balaban J connectivity index is 1.39. The molecule has 1 aromatic heterocycles. The molecule has 2 saturated carbocycles. The highest BCUT2D eigenvalue weighted by molar-refractivity contribution is 6.38. The summed E-state index contributed by atoms with van der Waals surface area (Å²) in [5.74, 6) is -3.20. The fourth-order valence-corrected chi connectivity index (χ4v) is 8.08. The number of nitrogens with zero attached hydrogens (tertiary/aromatic N) is 3. The van der Waals surface area contributed by atoms with E-state index < -0.39 is 52.9 Å². The molecule has 1 N–H and O–H groups in total. The van der Waals surface area contributed by atoms with Crippen LogP contribution in [-0.4, -0.2) is 74.5 Å². The van der Waals surface area contributed by atoms with Crippen LogP contribution in [0.15, 0.2) is 42.9 Å². The zero-order valence-electron chi connectivity index (χ0n) is 32.1. The average Bonchev–Trinajstić information content (AvgIpc) is 3.88. The molecule has 2 aromatic rings. The van der Waals surface area contributed by atoms with Gasteiger partial charge >= 0.3 is 0 Å². The Labute approximate surface area is 323 Å². The van der Waals surface area contributed by atoms with Crippen LogP contribution in [0.1, 0.15) is 122 Å². The molecule has 2 heterocycles. The van der Waals surface area contributed by atoms with E-state index in [1.54, 1.807) is 24.3 Å². The maximum absolute atomic E-state index is 14.8. The molecule has 5 rings (SSSR count). The third kappa shape index (κ3) is 11.0. The lowest BCUT2D eigenvalue weighted by Crippen LogP contribution is -2.51. The highest BCUT2D eigenvalue weighted by atomic mass is 35.5. The van der Waals surface area contributed by atoms with E-state index >= 15 is 0 Å². The van der Waals surface area contributed by atoms with Crippen LogP contribution in [0.4, 0.5) is 0 Å². The molecule has 2 amide bonds. The van der Waals surface area contributed by atoms with Crippen LogP contribution in [0.5, 0.6) is 5.75 Å². The molecule has 12 heteroatoms. The third-order valence-electron chi connectivity index (χ3n) is 11.2. The van der Waals surface area contributed by atoms with E-state index in [0.29, 0.717) is 23.6 Å². The van der Waals surface area contributed by atoms with E-state index in [-0.39, 0.29) is 67.2 Å². The van der Waals surface area contributed by atoms with Crippen molar-refractivity contribution in [3.8, 4) is 5.75 Å². The average molecular weight is 763 g/mol. The minimum absolute atomic E-state index is 0.0866. The van der Waals surface area contributed by atoms with E-state index in [0.717, 1.165) is 44.9 Å². The lowest BCUT2D eigenvalue weighted by atomic mass is 9.74. The first-order valence-corrected chi connectivity index (χ1v) is 20.0. The summed E-state index contributed by atoms with van der Waals surface area (Å²) in [5.41, 5.74) is -0.592. The summed E-state index contributed by atoms with van der Waals surface area (Å²) in [4.78, 5) is 92.6. The van der Waals surface area contributed by atoms with Crippen molar-refractivity contribution in [1.29, 1.82) is 0 Å². The third-order valence-corrected chi connectivity index (χ3v) is 11.5. The summed E-state index contributed by atoms with van der Waals surface area (Å²) in [6.07, 6.45) is 11.2. The molecule has 2 aliphatic carbocycles. The fourth-order valence-electron chi connectivity index (χ4n) is 7.96. The molecule has 0 unspecified atom stereocenters. The number of hydrogen-bond donors (Lipinski definition) is 1. The SMILES string of the molecule is CCC[C@H](CC(=O)[C@@H]1C[C@@H](Oc2ccc(Cl)cc2)CN1C(=O)[C@@H](CC(=O)[C@@H](NC(=O)c1cnccn1)C1CCCCC1)C(C)(C)C)C(=O)C(=O)CC1CC1. The largest absolute Gasteiger partial charge is 0.488 e. The smallest absolute Gasteiger partial charge is 0.272 e. The number of halogens is 1. The van der Waals surface area contributed by atoms with Gasteiger partial charge in [-0.3, -0.25) is 33.8 Å². The Hall–Kier alpha value is -3.99. The number of rotatable bonds is 18. The second-order valence-electron chi connectivity index (χ2n) is 16.6. The number of carbonyl (C=O) groups excluding carboxylic acids is 6. The number of amides is 2. The molecule has 1 aliphatic heterocycles. The maximum atomic E-state index is 14.8. The van der Waals surface area contributed by atoms with Gasteiger partial charge in [-0.2, -0.15) is 0 Å². The van der Waals surface area contributed by atoms with E-state index in [4.69, 9.17) is 16.3 Å². The molecule has 0 radical (unpaired) electrons. The Morgan fingerprint density at radius 2 is 1.67 bits per heavy atom.